The van der Waals surface area contributed by atoms with Crippen molar-refractivity contribution in [3.05, 3.63) is 34.9 Å². The largest absolute Gasteiger partial charge is 0.465 e. The molecule has 110 valence electrons. The molecule has 1 amide bonds. The summed E-state index contributed by atoms with van der Waals surface area (Å²) in [7, 11) is 0. The van der Waals surface area contributed by atoms with Crippen LogP contribution in [0, 0.1) is 5.41 Å². The lowest BCUT2D eigenvalue weighted by atomic mass is 9.81. The summed E-state index contributed by atoms with van der Waals surface area (Å²) in [6.07, 6.45) is 1.08. The van der Waals surface area contributed by atoms with Crippen LogP contribution >= 0.6 is 0 Å². The first-order valence-electron chi connectivity index (χ1n) is 7.20. The van der Waals surface area contributed by atoms with Crippen molar-refractivity contribution in [3.8, 4) is 0 Å². The molecule has 0 saturated heterocycles. The third-order valence-corrected chi connectivity index (χ3v) is 3.84. The zero-order chi connectivity index (χ0) is 14.8. The smallest absolute Gasteiger partial charge is 0.405 e. The third kappa shape index (κ3) is 3.51. The van der Waals surface area contributed by atoms with Crippen LogP contribution in [0.3, 0.4) is 0 Å². The molecule has 2 rings (SSSR count). The molecule has 0 aromatic heterocycles. The van der Waals surface area contributed by atoms with E-state index in [9.17, 15) is 4.79 Å². The van der Waals surface area contributed by atoms with Gasteiger partial charge in [0.05, 0.1) is 6.04 Å². The number of fused-ring (bicyclic) bond motifs is 1. The molecule has 3 N–H and O–H groups in total. The summed E-state index contributed by atoms with van der Waals surface area (Å²) in [6, 6.07) is 6.20. The summed E-state index contributed by atoms with van der Waals surface area (Å²) >= 11 is 0. The number of carbonyl (C=O) groups is 1. The first kappa shape index (κ1) is 14.9. The number of hydrogen-bond donors (Lipinski definition) is 3. The number of rotatable bonds is 2. The van der Waals surface area contributed by atoms with Gasteiger partial charge in [0.15, 0.2) is 0 Å². The highest BCUT2D eigenvalue weighted by Crippen LogP contribution is 2.33. The van der Waals surface area contributed by atoms with E-state index in [1.165, 1.54) is 11.1 Å². The van der Waals surface area contributed by atoms with Gasteiger partial charge in [0.2, 0.25) is 0 Å². The van der Waals surface area contributed by atoms with Crippen LogP contribution in [0.4, 0.5) is 4.79 Å². The summed E-state index contributed by atoms with van der Waals surface area (Å²) in [5.41, 5.74) is 3.62. The number of amides is 1. The van der Waals surface area contributed by atoms with Gasteiger partial charge in [-0.25, -0.2) is 4.79 Å². The minimum atomic E-state index is -0.971. The Morgan fingerprint density at radius 3 is 2.50 bits per heavy atom. The Kier molecular flexibility index (Phi) is 4.33. The molecule has 1 aliphatic rings. The number of benzene rings is 1. The van der Waals surface area contributed by atoms with Crippen LogP contribution in [0.5, 0.6) is 0 Å². The molecule has 0 aliphatic carbocycles. The molecule has 0 radical (unpaired) electrons. The van der Waals surface area contributed by atoms with E-state index in [0.717, 1.165) is 31.5 Å². The molecule has 1 unspecified atom stereocenters. The van der Waals surface area contributed by atoms with E-state index >= 15 is 0 Å². The molecular formula is C16H24N2O2. The van der Waals surface area contributed by atoms with Gasteiger partial charge in [-0.1, -0.05) is 39.0 Å². The van der Waals surface area contributed by atoms with Crippen molar-refractivity contribution < 1.29 is 9.90 Å². The highest BCUT2D eigenvalue weighted by molar-refractivity contribution is 5.65. The maximum atomic E-state index is 11.1. The van der Waals surface area contributed by atoms with Crippen LogP contribution in [0.2, 0.25) is 0 Å². The first-order valence-corrected chi connectivity index (χ1v) is 7.20. The van der Waals surface area contributed by atoms with E-state index in [4.69, 9.17) is 5.11 Å². The number of hydrogen-bond acceptors (Lipinski definition) is 2. The quantitative estimate of drug-likeness (QED) is 0.778. The molecular weight excluding hydrogens is 252 g/mol. The summed E-state index contributed by atoms with van der Waals surface area (Å²) in [6.45, 7) is 8.17. The lowest BCUT2D eigenvalue weighted by Crippen LogP contribution is -2.35. The fraction of sp³-hybridized carbons (Fsp3) is 0.562. The van der Waals surface area contributed by atoms with Gasteiger partial charge in [-0.05, 0) is 48.0 Å². The molecule has 1 aromatic rings. The minimum absolute atomic E-state index is 0.157. The minimum Gasteiger partial charge on any atom is -0.465 e. The maximum Gasteiger partial charge on any atom is 0.405 e. The van der Waals surface area contributed by atoms with Gasteiger partial charge in [0.1, 0.15) is 0 Å². The summed E-state index contributed by atoms with van der Waals surface area (Å²) in [5.74, 6) is 0. The van der Waals surface area contributed by atoms with Crippen LogP contribution in [0.1, 0.15) is 43.5 Å². The second-order valence-corrected chi connectivity index (χ2v) is 6.53. The lowest BCUT2D eigenvalue weighted by molar-refractivity contribution is 0.175. The Labute approximate surface area is 120 Å². The van der Waals surface area contributed by atoms with Gasteiger partial charge < -0.3 is 15.7 Å². The van der Waals surface area contributed by atoms with Crippen LogP contribution in [0.15, 0.2) is 18.2 Å². The van der Waals surface area contributed by atoms with E-state index in [1.54, 1.807) is 0 Å². The first-order chi connectivity index (χ1) is 9.38. The van der Waals surface area contributed by atoms with E-state index in [0.29, 0.717) is 0 Å². The molecule has 0 bridgehead atoms. The molecule has 1 heterocycles. The van der Waals surface area contributed by atoms with Gasteiger partial charge in [-0.2, -0.15) is 0 Å². The van der Waals surface area contributed by atoms with Crippen molar-refractivity contribution in [3.63, 3.8) is 0 Å². The lowest BCUT2D eigenvalue weighted by Gasteiger charge is -2.31. The number of carboxylic acid groups (broad SMARTS) is 1. The van der Waals surface area contributed by atoms with E-state index in [-0.39, 0.29) is 11.5 Å². The van der Waals surface area contributed by atoms with Gasteiger partial charge in [0, 0.05) is 0 Å². The van der Waals surface area contributed by atoms with Crippen molar-refractivity contribution in [2.24, 2.45) is 5.41 Å². The second-order valence-electron chi connectivity index (χ2n) is 6.53. The molecule has 0 saturated carbocycles. The summed E-state index contributed by atoms with van der Waals surface area (Å²) in [4.78, 5) is 11.1. The zero-order valence-electron chi connectivity index (χ0n) is 12.5. The monoisotopic (exact) mass is 276 g/mol. The Hall–Kier alpha value is -1.55. The predicted molar refractivity (Wildman–Crippen MR) is 80.1 cm³/mol. The average Bonchev–Trinajstić information content (AvgIpc) is 2.58. The van der Waals surface area contributed by atoms with E-state index in [1.807, 2.05) is 0 Å². The summed E-state index contributed by atoms with van der Waals surface area (Å²) < 4.78 is 0. The molecule has 1 aromatic carbocycles. The van der Waals surface area contributed by atoms with Crippen LogP contribution in [-0.2, 0) is 12.8 Å². The Bertz CT molecular complexity index is 492. The molecule has 0 fully saturated rings. The van der Waals surface area contributed by atoms with Crippen molar-refractivity contribution in [1.82, 2.24) is 10.6 Å². The normalized spacial score (nSPS) is 16.9. The molecule has 1 atom stereocenters. The zero-order valence-corrected chi connectivity index (χ0v) is 12.5. The Morgan fingerprint density at radius 2 is 1.90 bits per heavy atom. The van der Waals surface area contributed by atoms with Crippen LogP contribution in [-0.4, -0.2) is 24.3 Å². The topological polar surface area (TPSA) is 61.4 Å². The predicted octanol–water partition coefficient (Wildman–Crippen LogP) is 2.73. The molecule has 20 heavy (non-hydrogen) atoms. The van der Waals surface area contributed by atoms with Crippen LogP contribution in [0.25, 0.3) is 0 Å². The Morgan fingerprint density at radius 1 is 1.25 bits per heavy atom. The molecule has 4 heteroatoms. The third-order valence-electron chi connectivity index (χ3n) is 3.84. The van der Waals surface area contributed by atoms with Gasteiger partial charge in [-0.3, -0.25) is 0 Å². The van der Waals surface area contributed by atoms with Gasteiger partial charge in [-0.15, -0.1) is 0 Å². The van der Waals surface area contributed by atoms with Crippen molar-refractivity contribution in [2.75, 3.05) is 13.1 Å². The van der Waals surface area contributed by atoms with E-state index < -0.39 is 6.09 Å². The fourth-order valence-corrected chi connectivity index (χ4v) is 2.80. The van der Waals surface area contributed by atoms with E-state index in [2.05, 4.69) is 49.6 Å². The fourth-order valence-electron chi connectivity index (χ4n) is 2.80. The second kappa shape index (κ2) is 5.83. The highest BCUT2D eigenvalue weighted by atomic mass is 16.4. The maximum absolute atomic E-state index is 11.1. The molecule has 0 spiro atoms. The summed E-state index contributed by atoms with van der Waals surface area (Å²) in [5, 5.41) is 15.1. The van der Waals surface area contributed by atoms with Crippen molar-refractivity contribution in [1.29, 1.82) is 0 Å². The standard InChI is InChI=1S/C16H24N2O2/c1-16(2,3)14(18-15(19)20)13-5-4-11-6-8-17-9-7-12(11)10-13/h4-5,10,14,17-18H,6-9H2,1-3H3,(H,19,20). The highest BCUT2D eigenvalue weighted by Gasteiger charge is 2.28. The van der Waals surface area contributed by atoms with Crippen molar-refractivity contribution in [2.45, 2.75) is 39.7 Å². The van der Waals surface area contributed by atoms with Gasteiger partial charge >= 0.3 is 6.09 Å². The number of nitrogens with one attached hydrogen (secondary N) is 2. The van der Waals surface area contributed by atoms with Crippen molar-refractivity contribution >= 4 is 6.09 Å². The van der Waals surface area contributed by atoms with Gasteiger partial charge in [0.25, 0.3) is 0 Å². The van der Waals surface area contributed by atoms with Crippen LogP contribution < -0.4 is 10.6 Å². The average molecular weight is 276 g/mol. The SMILES string of the molecule is CC(C)(C)C(NC(=O)O)c1ccc2c(c1)CCNCC2. The molecule has 1 aliphatic heterocycles. The Balaban J connectivity index is 2.34. The molecule has 4 nitrogen and oxygen atoms in total.